The molecule has 0 amide bonds. The Balaban J connectivity index is 1.59. The minimum absolute atomic E-state index is 0.124. The second-order valence-corrected chi connectivity index (χ2v) is 10.3. The first-order chi connectivity index (χ1) is 15.9. The first-order valence-electron chi connectivity index (χ1n) is 11.2. The van der Waals surface area contributed by atoms with Crippen LogP contribution < -0.4 is 20.5 Å². The Hall–Kier alpha value is -2.91. The largest absolute Gasteiger partial charge is 0.477 e. The van der Waals surface area contributed by atoms with Crippen LogP contribution in [0.3, 0.4) is 0 Å². The Morgan fingerprint density at radius 1 is 1.33 bits per heavy atom. The van der Waals surface area contributed by atoms with Crippen LogP contribution in [0.15, 0.2) is 28.4 Å². The fourth-order valence-corrected chi connectivity index (χ4v) is 7.18. The van der Waals surface area contributed by atoms with Crippen molar-refractivity contribution in [3.05, 3.63) is 50.9 Å². The third kappa shape index (κ3) is 2.81. The van der Waals surface area contributed by atoms with Gasteiger partial charge in [-0.2, -0.15) is 0 Å². The van der Waals surface area contributed by atoms with Gasteiger partial charge >= 0.3 is 5.97 Å². The lowest BCUT2D eigenvalue weighted by Crippen LogP contribution is -2.32. The van der Waals surface area contributed by atoms with Gasteiger partial charge in [0.2, 0.25) is 5.43 Å². The van der Waals surface area contributed by atoms with Gasteiger partial charge in [-0.3, -0.25) is 9.20 Å². The van der Waals surface area contributed by atoms with Crippen LogP contribution in [0.25, 0.3) is 15.7 Å². The van der Waals surface area contributed by atoms with Gasteiger partial charge in [0.25, 0.3) is 0 Å². The van der Waals surface area contributed by atoms with Gasteiger partial charge in [-0.05, 0) is 37.3 Å². The molecule has 1 aliphatic carbocycles. The number of halogens is 1. The molecule has 2 aromatic heterocycles. The van der Waals surface area contributed by atoms with E-state index in [2.05, 4.69) is 22.4 Å². The zero-order valence-corrected chi connectivity index (χ0v) is 19.3. The quantitative estimate of drug-likeness (QED) is 0.573. The number of thiazole rings is 1. The molecule has 6 rings (SSSR count). The molecule has 3 unspecified atom stereocenters. The SMILES string of the molecule is CNCC1C=CCC2CN(c3c(F)cc4c(=O)c(C(=O)O)c5scc6n5c4c3N(C)C6)CC12. The first-order valence-corrected chi connectivity index (χ1v) is 12.1. The van der Waals surface area contributed by atoms with Crippen LogP contribution in [-0.4, -0.2) is 49.2 Å². The number of hydrogen-bond acceptors (Lipinski definition) is 6. The number of fused-ring (bicyclic) bond motifs is 1. The molecule has 1 aromatic carbocycles. The van der Waals surface area contributed by atoms with Crippen molar-refractivity contribution >= 4 is 44.4 Å². The second kappa shape index (κ2) is 7.30. The van der Waals surface area contributed by atoms with Crippen molar-refractivity contribution in [3.63, 3.8) is 0 Å². The Bertz CT molecular complexity index is 1410. The highest BCUT2D eigenvalue weighted by atomic mass is 32.1. The van der Waals surface area contributed by atoms with Crippen LogP contribution in [-0.2, 0) is 6.54 Å². The van der Waals surface area contributed by atoms with E-state index >= 15 is 4.39 Å². The molecule has 3 atom stereocenters. The summed E-state index contributed by atoms with van der Waals surface area (Å²) in [6, 6.07) is 1.25. The highest BCUT2D eigenvalue weighted by molar-refractivity contribution is 7.16. The molecule has 9 heteroatoms. The van der Waals surface area contributed by atoms with Gasteiger partial charge in [0.05, 0.1) is 34.5 Å². The zero-order chi connectivity index (χ0) is 23.0. The first kappa shape index (κ1) is 20.7. The number of nitrogens with one attached hydrogen (secondary N) is 1. The van der Waals surface area contributed by atoms with Crippen molar-refractivity contribution in [2.24, 2.45) is 17.8 Å². The van der Waals surface area contributed by atoms with Crippen LogP contribution in [0.4, 0.5) is 15.8 Å². The number of benzene rings is 1. The highest BCUT2D eigenvalue weighted by Gasteiger charge is 2.41. The Kier molecular flexibility index (Phi) is 4.57. The lowest BCUT2D eigenvalue weighted by atomic mass is 9.78. The van der Waals surface area contributed by atoms with Gasteiger partial charge < -0.3 is 20.2 Å². The topological polar surface area (TPSA) is 77.3 Å². The lowest BCUT2D eigenvalue weighted by Gasteiger charge is -2.33. The maximum absolute atomic E-state index is 15.8. The zero-order valence-electron chi connectivity index (χ0n) is 18.5. The van der Waals surface area contributed by atoms with E-state index in [1.54, 1.807) is 0 Å². The summed E-state index contributed by atoms with van der Waals surface area (Å²) in [6.07, 6.45) is 5.51. The van der Waals surface area contributed by atoms with Gasteiger partial charge in [-0.1, -0.05) is 12.2 Å². The summed E-state index contributed by atoms with van der Waals surface area (Å²) >= 11 is 1.26. The average Bonchev–Trinajstić information content (AvgIpc) is 3.38. The molecular weight excluding hydrogens is 443 g/mol. The Morgan fingerprint density at radius 2 is 2.15 bits per heavy atom. The van der Waals surface area contributed by atoms with Crippen molar-refractivity contribution < 1.29 is 14.3 Å². The number of hydrogen-bond donors (Lipinski definition) is 2. The van der Waals surface area contributed by atoms with Gasteiger partial charge in [0, 0.05) is 32.1 Å². The van der Waals surface area contributed by atoms with Crippen molar-refractivity contribution in [1.82, 2.24) is 9.72 Å². The fraction of sp³-hybridized carbons (Fsp3) is 0.417. The molecule has 3 aliphatic rings. The monoisotopic (exact) mass is 468 g/mol. The number of nitrogens with zero attached hydrogens (tertiary/aromatic N) is 3. The van der Waals surface area contributed by atoms with E-state index in [4.69, 9.17) is 0 Å². The summed E-state index contributed by atoms with van der Waals surface area (Å²) < 4.78 is 17.6. The van der Waals surface area contributed by atoms with Gasteiger partial charge in [-0.15, -0.1) is 11.3 Å². The molecule has 33 heavy (non-hydrogen) atoms. The molecule has 172 valence electrons. The van der Waals surface area contributed by atoms with Crippen LogP contribution >= 0.6 is 11.3 Å². The maximum Gasteiger partial charge on any atom is 0.342 e. The summed E-state index contributed by atoms with van der Waals surface area (Å²) in [5.41, 5.74) is 1.81. The normalized spacial score (nSPS) is 23.8. The number of carboxylic acid groups (broad SMARTS) is 1. The summed E-state index contributed by atoms with van der Waals surface area (Å²) in [6.45, 7) is 2.93. The number of rotatable bonds is 4. The van der Waals surface area contributed by atoms with Crippen molar-refractivity contribution in [2.45, 2.75) is 13.0 Å². The third-order valence-electron chi connectivity index (χ3n) is 7.52. The van der Waals surface area contributed by atoms with Crippen molar-refractivity contribution in [1.29, 1.82) is 0 Å². The van der Waals surface area contributed by atoms with Crippen molar-refractivity contribution in [2.75, 3.05) is 43.5 Å². The van der Waals surface area contributed by atoms with Crippen LogP contribution in [0.2, 0.25) is 0 Å². The maximum atomic E-state index is 15.8. The molecule has 4 heterocycles. The molecule has 0 radical (unpaired) electrons. The van der Waals surface area contributed by atoms with E-state index in [0.717, 1.165) is 31.7 Å². The summed E-state index contributed by atoms with van der Waals surface area (Å²) in [5.74, 6) is -0.439. The number of carboxylic acids is 1. The third-order valence-corrected chi connectivity index (χ3v) is 8.52. The molecule has 7 nitrogen and oxygen atoms in total. The van der Waals surface area contributed by atoms with Gasteiger partial charge in [0.1, 0.15) is 16.2 Å². The summed E-state index contributed by atoms with van der Waals surface area (Å²) in [5, 5.41) is 15.0. The fourth-order valence-electron chi connectivity index (χ4n) is 6.14. The smallest absolute Gasteiger partial charge is 0.342 e. The van der Waals surface area contributed by atoms with E-state index in [-0.39, 0.29) is 10.9 Å². The predicted octanol–water partition coefficient (Wildman–Crippen LogP) is 3.15. The van der Waals surface area contributed by atoms with E-state index in [0.29, 0.717) is 46.0 Å². The number of anilines is 2. The molecule has 0 saturated carbocycles. The Labute approximate surface area is 193 Å². The number of pyridine rings is 1. The van der Waals surface area contributed by atoms with Crippen LogP contribution in [0.5, 0.6) is 0 Å². The highest BCUT2D eigenvalue weighted by Crippen LogP contribution is 2.47. The second-order valence-electron chi connectivity index (χ2n) is 9.40. The van der Waals surface area contributed by atoms with Crippen LogP contribution in [0.1, 0.15) is 22.5 Å². The average molecular weight is 469 g/mol. The van der Waals surface area contributed by atoms with Gasteiger partial charge in [0.15, 0.2) is 0 Å². The van der Waals surface area contributed by atoms with Gasteiger partial charge in [-0.25, -0.2) is 9.18 Å². The molecule has 0 bridgehead atoms. The molecule has 0 spiro atoms. The number of allylic oxidation sites excluding steroid dienone is 1. The summed E-state index contributed by atoms with van der Waals surface area (Å²) in [4.78, 5) is 29.6. The minimum atomic E-state index is -1.28. The Morgan fingerprint density at radius 3 is 2.91 bits per heavy atom. The lowest BCUT2D eigenvalue weighted by molar-refractivity contribution is 0.0697. The summed E-state index contributed by atoms with van der Waals surface area (Å²) in [7, 11) is 3.87. The molecule has 1 saturated heterocycles. The molecule has 2 N–H and O–H groups in total. The van der Waals surface area contributed by atoms with E-state index in [9.17, 15) is 14.7 Å². The minimum Gasteiger partial charge on any atom is -0.477 e. The number of carbonyl (C=O) groups is 1. The molecule has 2 aliphatic heterocycles. The van der Waals surface area contributed by atoms with E-state index in [1.165, 1.54) is 17.4 Å². The standard InChI is InChI=1S/C24H25FN4O3S/c1-26-7-12-4-3-5-13-8-28(10-16(12)13)20-17(25)6-15-19-21(20)27(2)9-14-11-33-23(29(14)19)18(22(15)30)24(31)32/h3-4,6,11-13,16,26H,5,7-10H2,1-2H3,(H,31,32). The number of aromatic carboxylic acids is 1. The molecule has 1 fully saturated rings. The molecular formula is C24H25FN4O3S. The number of aromatic nitrogens is 1. The predicted molar refractivity (Wildman–Crippen MR) is 128 cm³/mol. The van der Waals surface area contributed by atoms with Crippen molar-refractivity contribution in [3.8, 4) is 0 Å². The van der Waals surface area contributed by atoms with E-state index < -0.39 is 17.2 Å². The van der Waals surface area contributed by atoms with Crippen LogP contribution in [0, 0.1) is 23.6 Å². The van der Waals surface area contributed by atoms with E-state index in [1.807, 2.05) is 28.8 Å². The molecule has 3 aromatic rings.